The maximum absolute atomic E-state index is 5.88. The SMILES string of the molecule is CC(C)(C)C1CCCC1.CC(C)(C)C1CCCCC1.CC(C)(C)N1CCCC1.CC(C)(C)N1CCCCC1.CC(C)(C)OC1CCCC1.CC(C)(C)OC1CCCCC1. The highest BCUT2D eigenvalue weighted by atomic mass is 16.5. The summed E-state index contributed by atoms with van der Waals surface area (Å²) >= 11 is 0. The lowest BCUT2D eigenvalue weighted by Crippen LogP contribution is -2.44. The van der Waals surface area contributed by atoms with Gasteiger partial charge in [-0.05, 0) is 209 Å². The van der Waals surface area contributed by atoms with Gasteiger partial charge in [0.05, 0.1) is 23.4 Å². The van der Waals surface area contributed by atoms with E-state index in [9.17, 15) is 0 Å². The Bertz CT molecular complexity index is 936. The van der Waals surface area contributed by atoms with Crippen molar-refractivity contribution < 1.29 is 9.47 Å². The van der Waals surface area contributed by atoms with E-state index in [4.69, 9.17) is 9.47 Å². The molecule has 0 bridgehead atoms. The van der Waals surface area contributed by atoms with Gasteiger partial charge in [-0.1, -0.05) is 112 Å². The minimum absolute atomic E-state index is 0.0575. The minimum atomic E-state index is 0.0575. The molecular formula is C55H112N2O2. The maximum Gasteiger partial charge on any atom is 0.0602 e. The molecule has 6 fully saturated rings. The number of rotatable bonds is 2. The monoisotopic (exact) mass is 833 g/mol. The van der Waals surface area contributed by atoms with Crippen LogP contribution < -0.4 is 0 Å². The first kappa shape index (κ1) is 56.9. The van der Waals surface area contributed by atoms with Crippen LogP contribution in [-0.2, 0) is 9.47 Å². The average molecular weight is 834 g/mol. The van der Waals surface area contributed by atoms with Crippen molar-refractivity contribution >= 4 is 0 Å². The van der Waals surface area contributed by atoms with E-state index in [0.717, 1.165) is 11.8 Å². The predicted octanol–water partition coefficient (Wildman–Crippen LogP) is 16.9. The molecule has 0 aromatic heterocycles. The van der Waals surface area contributed by atoms with Crippen molar-refractivity contribution in [3.63, 3.8) is 0 Å². The van der Waals surface area contributed by atoms with Crippen molar-refractivity contribution in [3.05, 3.63) is 0 Å². The second kappa shape index (κ2) is 27.2. The molecule has 4 aliphatic carbocycles. The Hall–Kier alpha value is -0.160. The van der Waals surface area contributed by atoms with Gasteiger partial charge < -0.3 is 9.47 Å². The molecule has 0 radical (unpaired) electrons. The first-order valence-corrected chi connectivity index (χ1v) is 25.9. The van der Waals surface area contributed by atoms with Gasteiger partial charge in [-0.15, -0.1) is 0 Å². The van der Waals surface area contributed by atoms with Crippen LogP contribution in [0.2, 0.25) is 0 Å². The molecule has 2 saturated heterocycles. The molecule has 0 aromatic carbocycles. The summed E-state index contributed by atoms with van der Waals surface area (Å²) in [6.45, 7) is 46.1. The Labute approximate surface area is 373 Å². The molecule has 6 rings (SSSR count). The van der Waals surface area contributed by atoms with E-state index in [-0.39, 0.29) is 11.2 Å². The average Bonchev–Trinajstić information content (AvgIpc) is 3.94. The van der Waals surface area contributed by atoms with Crippen LogP contribution in [0.4, 0.5) is 0 Å². The summed E-state index contributed by atoms with van der Waals surface area (Å²) in [6.07, 6.45) is 33.4. The third-order valence-corrected chi connectivity index (χ3v) is 13.7. The topological polar surface area (TPSA) is 24.9 Å². The second-order valence-electron chi connectivity index (χ2n) is 25.8. The van der Waals surface area contributed by atoms with Gasteiger partial charge in [-0.25, -0.2) is 0 Å². The summed E-state index contributed by atoms with van der Waals surface area (Å²) < 4.78 is 11.7. The van der Waals surface area contributed by atoms with Crippen LogP contribution >= 0.6 is 0 Å². The van der Waals surface area contributed by atoms with E-state index in [1.54, 1.807) is 0 Å². The van der Waals surface area contributed by atoms with Crippen LogP contribution in [0.1, 0.15) is 272 Å². The Morgan fingerprint density at radius 1 is 0.288 bits per heavy atom. The minimum Gasteiger partial charge on any atom is -0.373 e. The number of hydrogen-bond acceptors (Lipinski definition) is 4. The lowest BCUT2D eigenvalue weighted by molar-refractivity contribution is -0.0732. The lowest BCUT2D eigenvalue weighted by Gasteiger charge is -2.38. The fourth-order valence-corrected chi connectivity index (χ4v) is 9.90. The molecule has 4 saturated carbocycles. The Kier molecular flexibility index (Phi) is 26.2. The van der Waals surface area contributed by atoms with Crippen LogP contribution in [0, 0.1) is 22.7 Å². The summed E-state index contributed by atoms with van der Waals surface area (Å²) in [4.78, 5) is 5.13. The highest BCUT2D eigenvalue weighted by molar-refractivity contribution is 4.81. The molecule has 4 heteroatoms. The molecule has 0 atom stereocenters. The smallest absolute Gasteiger partial charge is 0.0602 e. The Morgan fingerprint density at radius 3 is 0.729 bits per heavy atom. The van der Waals surface area contributed by atoms with Gasteiger partial charge in [-0.3, -0.25) is 9.80 Å². The molecular weight excluding hydrogens is 721 g/mol. The van der Waals surface area contributed by atoms with Crippen molar-refractivity contribution in [3.8, 4) is 0 Å². The van der Waals surface area contributed by atoms with Crippen molar-refractivity contribution in [1.29, 1.82) is 0 Å². The molecule has 354 valence electrons. The van der Waals surface area contributed by atoms with Crippen LogP contribution in [0.15, 0.2) is 0 Å². The summed E-state index contributed by atoms with van der Waals surface area (Å²) in [6, 6.07) is 0. The van der Waals surface area contributed by atoms with Gasteiger partial charge in [0.1, 0.15) is 0 Å². The molecule has 59 heavy (non-hydrogen) atoms. The molecule has 4 nitrogen and oxygen atoms in total. The van der Waals surface area contributed by atoms with Gasteiger partial charge in [0, 0.05) is 11.1 Å². The number of hydrogen-bond donors (Lipinski definition) is 0. The van der Waals surface area contributed by atoms with E-state index in [1.807, 2.05) is 0 Å². The number of piperidine rings is 1. The van der Waals surface area contributed by atoms with Crippen LogP contribution in [-0.4, -0.2) is 70.5 Å². The molecule has 2 aliphatic heterocycles. The fourth-order valence-electron chi connectivity index (χ4n) is 9.90. The van der Waals surface area contributed by atoms with Crippen molar-refractivity contribution in [2.45, 2.75) is 307 Å². The number of ether oxygens (including phenoxy) is 2. The summed E-state index contributed by atoms with van der Waals surface area (Å²) in [7, 11) is 0. The standard InChI is InChI=1S/C10H20O.C10H20.C9H19N.C9H18O.C9H18.C8H17N/c1-10(2,3)11-9-7-5-4-6-8-9;1-10(2,3)9-7-5-4-6-8-9;1-9(2,3)10-7-5-4-6-8-10;1-9(2,3)10-8-6-4-5-7-8;1-9(2,3)8-6-4-5-7-8;1-8(2,3)9-6-4-5-7-9/h9H,4-8H2,1-3H3;9H,4-8H2,1-3H3;4-8H2,1-3H3;8H,4-7H2,1-3H3;8H,4-7H2,1-3H3;4-7H2,1-3H3. The third-order valence-electron chi connectivity index (χ3n) is 13.7. The lowest BCUT2D eigenvalue weighted by atomic mass is 9.72. The first-order chi connectivity index (χ1) is 27.1. The van der Waals surface area contributed by atoms with Crippen molar-refractivity contribution in [2.75, 3.05) is 26.2 Å². The predicted molar refractivity (Wildman–Crippen MR) is 264 cm³/mol. The van der Waals surface area contributed by atoms with Gasteiger partial charge in [0.15, 0.2) is 0 Å². The Morgan fingerprint density at radius 2 is 0.508 bits per heavy atom. The Balaban J connectivity index is 0.000000354. The molecule has 0 amide bonds. The van der Waals surface area contributed by atoms with E-state index in [0.29, 0.717) is 34.1 Å². The molecule has 0 spiro atoms. The normalized spacial score (nSPS) is 22.7. The van der Waals surface area contributed by atoms with Crippen LogP contribution in [0.25, 0.3) is 0 Å². The first-order valence-electron chi connectivity index (χ1n) is 25.9. The summed E-state index contributed by atoms with van der Waals surface area (Å²) in [5, 5.41) is 0. The number of nitrogens with zero attached hydrogens (tertiary/aromatic N) is 2. The highest BCUT2D eigenvalue weighted by Crippen LogP contribution is 2.39. The molecule has 0 N–H and O–H groups in total. The third kappa shape index (κ3) is 29.0. The summed E-state index contributed by atoms with van der Waals surface area (Å²) in [5.74, 6) is 2.01. The fraction of sp³-hybridized carbons (Fsp3) is 1.00. The van der Waals surface area contributed by atoms with E-state index >= 15 is 0 Å². The zero-order valence-electron chi connectivity index (χ0n) is 44.1. The number of likely N-dealkylation sites (tertiary alicyclic amines) is 2. The molecule has 0 unspecified atom stereocenters. The van der Waals surface area contributed by atoms with Crippen molar-refractivity contribution in [1.82, 2.24) is 9.80 Å². The van der Waals surface area contributed by atoms with Crippen LogP contribution in [0.5, 0.6) is 0 Å². The quantitative estimate of drug-likeness (QED) is 0.277. The largest absolute Gasteiger partial charge is 0.373 e. The summed E-state index contributed by atoms with van der Waals surface area (Å²) in [5.41, 5.74) is 2.09. The van der Waals surface area contributed by atoms with Gasteiger partial charge in [-0.2, -0.15) is 0 Å². The molecule has 0 aromatic rings. The van der Waals surface area contributed by atoms with E-state index < -0.39 is 0 Å². The molecule has 2 heterocycles. The van der Waals surface area contributed by atoms with Gasteiger partial charge in [0.25, 0.3) is 0 Å². The maximum atomic E-state index is 5.88. The zero-order chi connectivity index (χ0) is 45.0. The van der Waals surface area contributed by atoms with Crippen molar-refractivity contribution in [2.24, 2.45) is 22.7 Å². The van der Waals surface area contributed by atoms with E-state index in [2.05, 4.69) is 134 Å². The second-order valence-corrected chi connectivity index (χ2v) is 25.8. The van der Waals surface area contributed by atoms with E-state index in [1.165, 1.54) is 174 Å². The zero-order valence-corrected chi connectivity index (χ0v) is 44.1. The van der Waals surface area contributed by atoms with Gasteiger partial charge >= 0.3 is 0 Å². The van der Waals surface area contributed by atoms with Crippen LogP contribution in [0.3, 0.4) is 0 Å². The highest BCUT2D eigenvalue weighted by Gasteiger charge is 2.28. The molecule has 6 aliphatic rings. The van der Waals surface area contributed by atoms with Gasteiger partial charge in [0.2, 0.25) is 0 Å².